The Labute approximate surface area is 227 Å². The minimum absolute atomic E-state index is 0.0588. The summed E-state index contributed by atoms with van der Waals surface area (Å²) in [5.41, 5.74) is 5.27. The van der Waals surface area contributed by atoms with Crippen molar-refractivity contribution in [2.24, 2.45) is 0 Å². The van der Waals surface area contributed by atoms with E-state index in [0.717, 1.165) is 38.4 Å². The van der Waals surface area contributed by atoms with Gasteiger partial charge in [0.05, 0.1) is 12.1 Å². The molecular weight excluding hydrogens is 521 g/mol. The van der Waals surface area contributed by atoms with Crippen LogP contribution in [0.2, 0.25) is 0 Å². The molecule has 0 bridgehead atoms. The molecule has 0 unspecified atom stereocenters. The van der Waals surface area contributed by atoms with E-state index in [-0.39, 0.29) is 23.8 Å². The van der Waals surface area contributed by atoms with Gasteiger partial charge in [-0.1, -0.05) is 80.9 Å². The van der Waals surface area contributed by atoms with Gasteiger partial charge in [-0.2, -0.15) is 4.68 Å². The predicted octanol–water partition coefficient (Wildman–Crippen LogP) is 5.57. The summed E-state index contributed by atoms with van der Waals surface area (Å²) < 4.78 is 6.22. The van der Waals surface area contributed by atoms with Crippen molar-refractivity contribution in [2.75, 3.05) is 5.32 Å². The SMILES string of the molecule is Cc1ccc(CC(=O)Nc2cc(-c3ccccc3-c3nnnn3COP(O)O)ccc2SC(C)(C)C)cc1. The van der Waals surface area contributed by atoms with Crippen LogP contribution in [0, 0.1) is 6.92 Å². The van der Waals surface area contributed by atoms with Gasteiger partial charge >= 0.3 is 8.60 Å². The number of amides is 1. The van der Waals surface area contributed by atoms with Crippen LogP contribution >= 0.6 is 20.4 Å². The molecule has 0 aliphatic rings. The third-order valence-electron chi connectivity index (χ3n) is 5.46. The number of carbonyl (C=O) groups is 1. The van der Waals surface area contributed by atoms with Gasteiger partial charge in [0.1, 0.15) is 0 Å². The normalized spacial score (nSPS) is 11.7. The zero-order chi connectivity index (χ0) is 27.3. The summed E-state index contributed by atoms with van der Waals surface area (Å²) in [5, 5.41) is 14.9. The predicted molar refractivity (Wildman–Crippen MR) is 150 cm³/mol. The number of rotatable bonds is 9. The number of tetrazole rings is 1. The van der Waals surface area contributed by atoms with Crippen LogP contribution in [0.15, 0.2) is 71.6 Å². The summed E-state index contributed by atoms with van der Waals surface area (Å²) in [6.45, 7) is 8.20. The average molecular weight is 552 g/mol. The fraction of sp³-hybridized carbons (Fsp3) is 0.259. The molecule has 4 aromatic rings. The maximum Gasteiger partial charge on any atom is 0.328 e. The minimum Gasteiger partial charge on any atom is -0.328 e. The number of hydrogen-bond donors (Lipinski definition) is 3. The fourth-order valence-corrected chi connectivity index (χ4v) is 5.05. The molecule has 0 saturated carbocycles. The summed E-state index contributed by atoms with van der Waals surface area (Å²) in [4.78, 5) is 32.3. The highest BCUT2D eigenvalue weighted by Crippen LogP contribution is 2.40. The molecule has 3 N–H and O–H groups in total. The summed E-state index contributed by atoms with van der Waals surface area (Å²) >= 11 is 1.68. The van der Waals surface area contributed by atoms with Gasteiger partial charge in [-0.05, 0) is 46.2 Å². The van der Waals surface area contributed by atoms with Gasteiger partial charge < -0.3 is 15.1 Å². The lowest BCUT2D eigenvalue weighted by Gasteiger charge is -2.21. The van der Waals surface area contributed by atoms with Crippen LogP contribution in [-0.4, -0.2) is 40.6 Å². The van der Waals surface area contributed by atoms with Crippen molar-refractivity contribution in [3.63, 3.8) is 0 Å². The fourth-order valence-electron chi connectivity index (χ4n) is 3.82. The molecule has 0 saturated heterocycles. The lowest BCUT2D eigenvalue weighted by Crippen LogP contribution is -2.16. The first-order valence-corrected chi connectivity index (χ1v) is 13.9. The van der Waals surface area contributed by atoms with Gasteiger partial charge in [-0.15, -0.1) is 16.9 Å². The second-order valence-corrected chi connectivity index (χ2v) is 12.3. The van der Waals surface area contributed by atoms with Crippen LogP contribution in [0.5, 0.6) is 0 Å². The Morgan fingerprint density at radius 2 is 1.76 bits per heavy atom. The second-order valence-electron chi connectivity index (χ2n) is 9.69. The number of thioether (sulfide) groups is 1. The Bertz CT molecular complexity index is 1400. The van der Waals surface area contributed by atoms with Gasteiger partial charge in [-0.25, -0.2) is 0 Å². The molecule has 0 aliphatic heterocycles. The number of nitrogens with zero attached hydrogens (tertiary/aromatic N) is 4. The molecule has 9 nitrogen and oxygen atoms in total. The number of nitrogens with one attached hydrogen (secondary N) is 1. The van der Waals surface area contributed by atoms with Crippen LogP contribution in [-0.2, 0) is 22.5 Å². The van der Waals surface area contributed by atoms with E-state index in [1.807, 2.05) is 73.7 Å². The van der Waals surface area contributed by atoms with Crippen molar-refractivity contribution in [1.82, 2.24) is 20.2 Å². The molecule has 11 heteroatoms. The van der Waals surface area contributed by atoms with E-state index >= 15 is 0 Å². The summed E-state index contributed by atoms with van der Waals surface area (Å²) in [7, 11) is -2.55. The topological polar surface area (TPSA) is 122 Å². The number of aromatic nitrogens is 4. The van der Waals surface area contributed by atoms with Crippen LogP contribution < -0.4 is 5.32 Å². The number of hydrogen-bond acceptors (Lipinski definition) is 8. The largest absolute Gasteiger partial charge is 0.328 e. The molecule has 1 amide bonds. The zero-order valence-corrected chi connectivity index (χ0v) is 23.3. The molecule has 0 radical (unpaired) electrons. The summed E-state index contributed by atoms with van der Waals surface area (Å²) in [5.74, 6) is 0.316. The van der Waals surface area contributed by atoms with E-state index < -0.39 is 8.60 Å². The maximum absolute atomic E-state index is 13.1. The molecule has 4 rings (SSSR count). The van der Waals surface area contributed by atoms with Gasteiger partial charge in [0.2, 0.25) is 5.91 Å². The monoisotopic (exact) mass is 551 g/mol. The summed E-state index contributed by atoms with van der Waals surface area (Å²) in [6.07, 6.45) is 0.272. The Balaban J connectivity index is 1.69. The van der Waals surface area contributed by atoms with E-state index in [4.69, 9.17) is 14.3 Å². The highest BCUT2D eigenvalue weighted by Gasteiger charge is 2.20. The van der Waals surface area contributed by atoms with Crippen molar-refractivity contribution in [2.45, 2.75) is 50.5 Å². The standard InChI is InChI=1S/C27H30N5O4PS/c1-18-9-11-19(12-10-18)15-25(33)28-23-16-20(13-14-24(23)38-27(2,3)4)21-7-5-6-8-22(21)26-29-30-31-32(26)17-36-37(34)35/h5-14,16,34-35H,15,17H2,1-4H3,(H,28,33). The number of anilines is 1. The molecular formula is C27H30N5O4PS. The highest BCUT2D eigenvalue weighted by atomic mass is 32.2. The second kappa shape index (κ2) is 12.1. The zero-order valence-electron chi connectivity index (χ0n) is 21.6. The molecule has 0 fully saturated rings. The Kier molecular flexibility index (Phi) is 8.91. The van der Waals surface area contributed by atoms with Gasteiger partial charge in [0.25, 0.3) is 0 Å². The average Bonchev–Trinajstić information content (AvgIpc) is 3.33. The molecule has 0 aliphatic carbocycles. The van der Waals surface area contributed by atoms with E-state index in [2.05, 4.69) is 41.6 Å². The van der Waals surface area contributed by atoms with Crippen LogP contribution in [0.1, 0.15) is 31.9 Å². The van der Waals surface area contributed by atoms with Gasteiger partial charge in [0.15, 0.2) is 12.6 Å². The summed E-state index contributed by atoms with van der Waals surface area (Å²) in [6, 6.07) is 21.5. The van der Waals surface area contributed by atoms with Crippen molar-refractivity contribution in [3.05, 3.63) is 77.9 Å². The highest BCUT2D eigenvalue weighted by molar-refractivity contribution is 8.00. The van der Waals surface area contributed by atoms with Crippen molar-refractivity contribution < 1.29 is 19.1 Å². The molecule has 38 heavy (non-hydrogen) atoms. The van der Waals surface area contributed by atoms with Crippen LogP contribution in [0.3, 0.4) is 0 Å². The molecule has 0 spiro atoms. The molecule has 1 aromatic heterocycles. The Morgan fingerprint density at radius 3 is 2.45 bits per heavy atom. The molecule has 0 atom stereocenters. The lowest BCUT2D eigenvalue weighted by atomic mass is 9.98. The van der Waals surface area contributed by atoms with Crippen LogP contribution in [0.4, 0.5) is 5.69 Å². The van der Waals surface area contributed by atoms with Crippen LogP contribution in [0.25, 0.3) is 22.5 Å². The van der Waals surface area contributed by atoms with E-state index in [1.54, 1.807) is 11.8 Å². The van der Waals surface area contributed by atoms with Crippen molar-refractivity contribution in [1.29, 1.82) is 0 Å². The van der Waals surface area contributed by atoms with Crippen molar-refractivity contribution in [3.8, 4) is 22.5 Å². The first kappa shape index (κ1) is 27.9. The van der Waals surface area contributed by atoms with Crippen molar-refractivity contribution >= 4 is 32.0 Å². The Hall–Kier alpha value is -3.14. The maximum atomic E-state index is 13.1. The quantitative estimate of drug-likeness (QED) is 0.182. The number of aryl methyl sites for hydroxylation is 1. The van der Waals surface area contributed by atoms with E-state index in [1.165, 1.54) is 4.68 Å². The molecule has 1 heterocycles. The number of carbonyl (C=O) groups excluding carboxylic acids is 1. The first-order valence-electron chi connectivity index (χ1n) is 11.9. The van der Waals surface area contributed by atoms with E-state index in [9.17, 15) is 4.79 Å². The Morgan fingerprint density at radius 1 is 1.05 bits per heavy atom. The number of benzene rings is 3. The van der Waals surface area contributed by atoms with Gasteiger partial charge in [0, 0.05) is 15.2 Å². The smallest absolute Gasteiger partial charge is 0.328 e. The van der Waals surface area contributed by atoms with E-state index in [0.29, 0.717) is 5.82 Å². The minimum atomic E-state index is -2.55. The first-order chi connectivity index (χ1) is 18.1. The molecule has 3 aromatic carbocycles. The van der Waals surface area contributed by atoms with Gasteiger partial charge in [-0.3, -0.25) is 9.32 Å². The molecule has 198 valence electrons. The third-order valence-corrected chi connectivity index (χ3v) is 7.00. The lowest BCUT2D eigenvalue weighted by molar-refractivity contribution is -0.115. The third kappa shape index (κ3) is 7.46.